The van der Waals surface area contributed by atoms with Gasteiger partial charge in [0.15, 0.2) is 5.78 Å². The summed E-state index contributed by atoms with van der Waals surface area (Å²) in [5.74, 6) is 0.755. The fraction of sp³-hybridized carbons (Fsp3) is 0.333. The van der Waals surface area contributed by atoms with Crippen LogP contribution in [0.4, 0.5) is 0 Å². The first-order valence-electron chi connectivity index (χ1n) is 5.14. The number of phenols is 1. The number of rotatable bonds is 4. The molecule has 0 saturated carbocycles. The van der Waals surface area contributed by atoms with Gasteiger partial charge in [-0.2, -0.15) is 12.6 Å². The normalized spacial score (nSPS) is 9.12. The maximum atomic E-state index is 11.1. The van der Waals surface area contributed by atoms with Gasteiger partial charge in [0.05, 0.1) is 6.54 Å². The molecule has 4 nitrogen and oxygen atoms in total. The topological polar surface area (TPSA) is 80.4 Å². The molecule has 0 unspecified atom stereocenters. The lowest BCUT2D eigenvalue weighted by molar-refractivity contribution is -0.107. The Balaban J connectivity index is 0.000000437. The molecule has 0 aliphatic carbocycles. The molecule has 0 bridgehead atoms. The first kappa shape index (κ1) is 15.7. The fourth-order valence-electron chi connectivity index (χ4n) is 0.999. The Bertz CT molecular complexity index is 380. The third kappa shape index (κ3) is 6.09. The predicted octanol–water partition coefficient (Wildman–Crippen LogP) is 1.35. The summed E-state index contributed by atoms with van der Waals surface area (Å²) in [4.78, 5) is 20.4. The summed E-state index contributed by atoms with van der Waals surface area (Å²) in [5.41, 5.74) is 6.42. The summed E-state index contributed by atoms with van der Waals surface area (Å²) in [6.45, 7) is 1.74. The number of thiol groups is 1. The van der Waals surface area contributed by atoms with E-state index in [1.165, 1.54) is 6.07 Å². The summed E-state index contributed by atoms with van der Waals surface area (Å²) >= 11 is 3.77. The van der Waals surface area contributed by atoms with E-state index >= 15 is 0 Å². The second kappa shape index (κ2) is 8.78. The largest absolute Gasteiger partial charge is 0.508 e. The van der Waals surface area contributed by atoms with Crippen molar-refractivity contribution in [3.63, 3.8) is 0 Å². The van der Waals surface area contributed by atoms with Crippen LogP contribution in [-0.2, 0) is 4.79 Å². The molecule has 0 saturated heterocycles. The first-order valence-corrected chi connectivity index (χ1v) is 5.77. The SMILES string of the molecule is Cc1cc(C(=O)CN)ccc1O.O=CCCS. The number of ketones is 1. The van der Waals surface area contributed by atoms with E-state index in [1.54, 1.807) is 19.1 Å². The van der Waals surface area contributed by atoms with Gasteiger partial charge in [-0.1, -0.05) is 0 Å². The summed E-state index contributed by atoms with van der Waals surface area (Å²) in [7, 11) is 0. The summed E-state index contributed by atoms with van der Waals surface area (Å²) in [6.07, 6.45) is 1.43. The van der Waals surface area contributed by atoms with Crippen LogP contribution in [0.2, 0.25) is 0 Å². The smallest absolute Gasteiger partial charge is 0.176 e. The van der Waals surface area contributed by atoms with Crippen molar-refractivity contribution in [2.75, 3.05) is 12.3 Å². The molecule has 0 radical (unpaired) electrons. The molecule has 1 aromatic rings. The zero-order valence-corrected chi connectivity index (χ0v) is 10.6. The Hall–Kier alpha value is -1.33. The van der Waals surface area contributed by atoms with E-state index in [0.717, 1.165) is 6.29 Å². The van der Waals surface area contributed by atoms with Gasteiger partial charge < -0.3 is 15.6 Å². The second-order valence-corrected chi connectivity index (χ2v) is 3.75. The number of aromatic hydroxyl groups is 1. The molecule has 0 spiro atoms. The minimum absolute atomic E-state index is 0.00418. The maximum absolute atomic E-state index is 11.1. The summed E-state index contributed by atoms with van der Waals surface area (Å²) in [5, 5.41) is 9.16. The van der Waals surface area contributed by atoms with Gasteiger partial charge >= 0.3 is 0 Å². The number of aryl methyl sites for hydroxylation is 1. The zero-order chi connectivity index (χ0) is 13.3. The average molecular weight is 255 g/mol. The van der Waals surface area contributed by atoms with Crippen LogP contribution in [0.1, 0.15) is 22.3 Å². The summed E-state index contributed by atoms with van der Waals surface area (Å²) < 4.78 is 0. The molecular weight excluding hydrogens is 238 g/mol. The number of aldehydes is 1. The predicted molar refractivity (Wildman–Crippen MR) is 70.8 cm³/mol. The minimum Gasteiger partial charge on any atom is -0.508 e. The van der Waals surface area contributed by atoms with E-state index in [2.05, 4.69) is 12.6 Å². The number of carbonyl (C=O) groups excluding carboxylic acids is 2. The van der Waals surface area contributed by atoms with Gasteiger partial charge in [-0.05, 0) is 36.4 Å². The van der Waals surface area contributed by atoms with Crippen LogP contribution >= 0.6 is 12.6 Å². The Morgan fingerprint density at radius 3 is 2.53 bits per heavy atom. The lowest BCUT2D eigenvalue weighted by Gasteiger charge is -2.01. The van der Waals surface area contributed by atoms with E-state index in [4.69, 9.17) is 10.8 Å². The summed E-state index contributed by atoms with van der Waals surface area (Å²) in [6, 6.07) is 4.69. The lowest BCUT2D eigenvalue weighted by atomic mass is 10.1. The van der Waals surface area contributed by atoms with Crippen LogP contribution in [0.5, 0.6) is 5.75 Å². The van der Waals surface area contributed by atoms with Gasteiger partial charge in [-0.25, -0.2) is 0 Å². The molecule has 1 aromatic carbocycles. The Kier molecular flexibility index (Phi) is 8.09. The van der Waals surface area contributed by atoms with Gasteiger partial charge in [0.1, 0.15) is 12.0 Å². The maximum Gasteiger partial charge on any atom is 0.176 e. The van der Waals surface area contributed by atoms with Gasteiger partial charge in [0.25, 0.3) is 0 Å². The molecule has 5 heteroatoms. The zero-order valence-electron chi connectivity index (χ0n) is 9.72. The van der Waals surface area contributed by atoms with Crippen LogP contribution in [0.25, 0.3) is 0 Å². The first-order chi connectivity index (χ1) is 8.06. The van der Waals surface area contributed by atoms with E-state index in [0.29, 0.717) is 23.3 Å². The van der Waals surface area contributed by atoms with Crippen molar-refractivity contribution >= 4 is 24.7 Å². The van der Waals surface area contributed by atoms with E-state index < -0.39 is 0 Å². The average Bonchev–Trinajstić information content (AvgIpc) is 2.33. The number of Topliss-reactive ketones (excluding diaryl/α,β-unsaturated/α-hetero) is 1. The Labute approximate surface area is 106 Å². The van der Waals surface area contributed by atoms with Crippen molar-refractivity contribution in [3.05, 3.63) is 29.3 Å². The molecular formula is C12H17NO3S. The van der Waals surface area contributed by atoms with Gasteiger partial charge in [-0.3, -0.25) is 4.79 Å². The number of hydrogen-bond acceptors (Lipinski definition) is 5. The minimum atomic E-state index is -0.113. The molecule has 0 aliphatic heterocycles. The van der Waals surface area contributed by atoms with Crippen LogP contribution in [-0.4, -0.2) is 29.5 Å². The molecule has 1 rings (SSSR count). The highest BCUT2D eigenvalue weighted by atomic mass is 32.1. The van der Waals surface area contributed by atoms with Crippen LogP contribution in [0, 0.1) is 6.92 Å². The van der Waals surface area contributed by atoms with Crippen LogP contribution in [0.3, 0.4) is 0 Å². The van der Waals surface area contributed by atoms with Crippen molar-refractivity contribution in [2.45, 2.75) is 13.3 Å². The monoisotopic (exact) mass is 255 g/mol. The molecule has 0 fully saturated rings. The Morgan fingerprint density at radius 1 is 1.53 bits per heavy atom. The molecule has 3 N–H and O–H groups in total. The van der Waals surface area contributed by atoms with Crippen molar-refractivity contribution in [3.8, 4) is 5.75 Å². The highest BCUT2D eigenvalue weighted by Gasteiger charge is 2.04. The number of hydrogen-bond donors (Lipinski definition) is 3. The van der Waals surface area contributed by atoms with Crippen molar-refractivity contribution in [2.24, 2.45) is 5.73 Å². The van der Waals surface area contributed by atoms with Crippen LogP contribution < -0.4 is 5.73 Å². The Morgan fingerprint density at radius 2 is 2.18 bits per heavy atom. The van der Waals surface area contributed by atoms with Crippen molar-refractivity contribution in [1.29, 1.82) is 0 Å². The third-order valence-electron chi connectivity index (χ3n) is 1.95. The van der Waals surface area contributed by atoms with Gasteiger partial charge in [0.2, 0.25) is 0 Å². The molecule has 0 aliphatic rings. The van der Waals surface area contributed by atoms with E-state index in [1.807, 2.05) is 0 Å². The highest BCUT2D eigenvalue weighted by Crippen LogP contribution is 2.16. The van der Waals surface area contributed by atoms with Gasteiger partial charge in [-0.15, -0.1) is 0 Å². The quantitative estimate of drug-likeness (QED) is 0.431. The second-order valence-electron chi connectivity index (χ2n) is 3.31. The lowest BCUT2D eigenvalue weighted by Crippen LogP contribution is -2.13. The number of benzene rings is 1. The third-order valence-corrected chi connectivity index (χ3v) is 2.21. The number of nitrogens with two attached hydrogens (primary N) is 1. The molecule has 0 aromatic heterocycles. The van der Waals surface area contributed by atoms with E-state index in [-0.39, 0.29) is 18.1 Å². The highest BCUT2D eigenvalue weighted by molar-refractivity contribution is 7.80. The number of carbonyl (C=O) groups is 2. The number of phenolic OH excluding ortho intramolecular Hbond substituents is 1. The van der Waals surface area contributed by atoms with Crippen LogP contribution in [0.15, 0.2) is 18.2 Å². The molecule has 17 heavy (non-hydrogen) atoms. The van der Waals surface area contributed by atoms with Crippen molar-refractivity contribution < 1.29 is 14.7 Å². The molecule has 0 heterocycles. The van der Waals surface area contributed by atoms with E-state index in [9.17, 15) is 9.59 Å². The fourth-order valence-corrected chi connectivity index (χ4v) is 1.10. The van der Waals surface area contributed by atoms with Gasteiger partial charge in [0, 0.05) is 12.0 Å². The van der Waals surface area contributed by atoms with Crippen molar-refractivity contribution in [1.82, 2.24) is 0 Å². The molecule has 94 valence electrons. The standard InChI is InChI=1S/C9H11NO2.C3H6OS/c1-6-4-7(9(12)5-10)2-3-8(6)11;4-2-1-3-5/h2-4,11H,5,10H2,1H3;2,5H,1,3H2. The molecule has 0 atom stereocenters. The molecule has 0 amide bonds.